The van der Waals surface area contributed by atoms with Gasteiger partial charge in [-0.1, -0.05) is 20.8 Å². The van der Waals surface area contributed by atoms with E-state index in [-0.39, 0.29) is 0 Å². The van der Waals surface area contributed by atoms with E-state index >= 15 is 0 Å². The van der Waals surface area contributed by atoms with Crippen LogP contribution in [0.1, 0.15) is 40.0 Å². The molecular weight excluding hydrogens is 148 g/mol. The molecule has 0 bridgehead atoms. The number of hydrogen-bond donors (Lipinski definition) is 1. The van der Waals surface area contributed by atoms with Crippen LogP contribution < -0.4 is 0 Å². The Hall–Kier alpha value is -0.0400. The number of aliphatic hydroxyl groups is 1. The van der Waals surface area contributed by atoms with E-state index in [9.17, 15) is 0 Å². The fraction of sp³-hybridized carbons (Fsp3) is 1.00. The van der Waals surface area contributed by atoms with E-state index in [0.29, 0.717) is 6.61 Å². The first-order chi connectivity index (χ1) is 5.65. The highest BCUT2D eigenvalue weighted by Crippen LogP contribution is 2.47. The van der Waals surface area contributed by atoms with E-state index in [1.165, 1.54) is 12.8 Å². The Morgan fingerprint density at radius 3 is 2.50 bits per heavy atom. The van der Waals surface area contributed by atoms with Crippen LogP contribution in [0.3, 0.4) is 0 Å². The van der Waals surface area contributed by atoms with Crippen molar-refractivity contribution >= 4 is 0 Å². The number of hydrogen-bond acceptors (Lipinski definition) is 1. The van der Waals surface area contributed by atoms with Gasteiger partial charge in [-0.05, 0) is 42.9 Å². The molecule has 0 amide bonds. The maximum Gasteiger partial charge on any atom is 0.0433 e. The molecule has 1 saturated carbocycles. The average Bonchev–Trinajstić information content (AvgIpc) is 2.66. The molecule has 3 atom stereocenters. The normalized spacial score (nSPS) is 30.8. The van der Waals surface area contributed by atoms with Crippen LogP contribution >= 0.6 is 0 Å². The van der Waals surface area contributed by atoms with Gasteiger partial charge in [-0.25, -0.2) is 0 Å². The molecule has 12 heavy (non-hydrogen) atoms. The summed E-state index contributed by atoms with van der Waals surface area (Å²) >= 11 is 0. The minimum atomic E-state index is 0.384. The highest BCUT2D eigenvalue weighted by Gasteiger charge is 2.39. The molecule has 0 radical (unpaired) electrons. The summed E-state index contributed by atoms with van der Waals surface area (Å²) in [4.78, 5) is 0. The van der Waals surface area contributed by atoms with E-state index in [4.69, 9.17) is 5.11 Å². The first-order valence-corrected chi connectivity index (χ1v) is 5.26. The highest BCUT2D eigenvalue weighted by molar-refractivity contribution is 4.89. The molecule has 0 heterocycles. The Balaban J connectivity index is 2.14. The van der Waals surface area contributed by atoms with Crippen LogP contribution in [0.25, 0.3) is 0 Å². The summed E-state index contributed by atoms with van der Waals surface area (Å²) in [6, 6.07) is 0. The van der Waals surface area contributed by atoms with Crippen LogP contribution in [0.5, 0.6) is 0 Å². The zero-order chi connectivity index (χ0) is 9.14. The Morgan fingerprint density at radius 2 is 2.00 bits per heavy atom. The van der Waals surface area contributed by atoms with Crippen molar-refractivity contribution in [3.8, 4) is 0 Å². The van der Waals surface area contributed by atoms with Gasteiger partial charge in [0, 0.05) is 6.61 Å². The molecule has 1 aliphatic rings. The molecule has 0 aromatic heterocycles. The molecule has 1 heteroatoms. The van der Waals surface area contributed by atoms with Crippen molar-refractivity contribution in [1.82, 2.24) is 0 Å². The van der Waals surface area contributed by atoms with Gasteiger partial charge in [0.2, 0.25) is 0 Å². The SMILES string of the molecule is CC(C)C[C@H](C)C1CC1CCO. The average molecular weight is 170 g/mol. The Kier molecular flexibility index (Phi) is 3.57. The summed E-state index contributed by atoms with van der Waals surface area (Å²) in [5.74, 6) is 3.49. The van der Waals surface area contributed by atoms with Gasteiger partial charge in [0.1, 0.15) is 0 Å². The maximum atomic E-state index is 8.76. The fourth-order valence-electron chi connectivity index (χ4n) is 2.38. The number of rotatable bonds is 5. The molecule has 1 rings (SSSR count). The Bertz CT molecular complexity index is 131. The van der Waals surface area contributed by atoms with E-state index in [0.717, 1.165) is 30.1 Å². The zero-order valence-electron chi connectivity index (χ0n) is 8.59. The second-order valence-corrected chi connectivity index (χ2v) is 4.78. The lowest BCUT2D eigenvalue weighted by atomic mass is 9.93. The molecular formula is C11H22O. The Labute approximate surface area is 76.2 Å². The van der Waals surface area contributed by atoms with Gasteiger partial charge in [-0.2, -0.15) is 0 Å². The van der Waals surface area contributed by atoms with Crippen LogP contribution in [-0.2, 0) is 0 Å². The molecule has 72 valence electrons. The standard InChI is InChI=1S/C11H22O/c1-8(2)6-9(3)11-7-10(11)4-5-12/h8-12H,4-7H2,1-3H3/t9-,10?,11?/m0/s1. The molecule has 0 aromatic carbocycles. The number of aliphatic hydroxyl groups excluding tert-OH is 1. The van der Waals surface area contributed by atoms with Crippen molar-refractivity contribution in [2.75, 3.05) is 6.61 Å². The minimum Gasteiger partial charge on any atom is -0.396 e. The summed E-state index contributed by atoms with van der Waals surface area (Å²) in [7, 11) is 0. The summed E-state index contributed by atoms with van der Waals surface area (Å²) in [5, 5.41) is 8.76. The summed E-state index contributed by atoms with van der Waals surface area (Å²) in [6.07, 6.45) is 3.76. The van der Waals surface area contributed by atoms with E-state index < -0.39 is 0 Å². The molecule has 1 fully saturated rings. The van der Waals surface area contributed by atoms with Gasteiger partial charge >= 0.3 is 0 Å². The lowest BCUT2D eigenvalue weighted by molar-refractivity contribution is 0.270. The van der Waals surface area contributed by atoms with Crippen LogP contribution in [0.15, 0.2) is 0 Å². The van der Waals surface area contributed by atoms with E-state index in [2.05, 4.69) is 20.8 Å². The Morgan fingerprint density at radius 1 is 1.33 bits per heavy atom. The predicted molar refractivity (Wildman–Crippen MR) is 51.9 cm³/mol. The third kappa shape index (κ3) is 2.78. The summed E-state index contributed by atoms with van der Waals surface area (Å²) in [6.45, 7) is 7.33. The molecule has 0 aromatic rings. The van der Waals surface area contributed by atoms with E-state index in [1.807, 2.05) is 0 Å². The lowest BCUT2D eigenvalue weighted by Gasteiger charge is -2.13. The molecule has 0 spiro atoms. The molecule has 0 saturated heterocycles. The van der Waals surface area contributed by atoms with Crippen molar-refractivity contribution in [1.29, 1.82) is 0 Å². The van der Waals surface area contributed by atoms with Gasteiger partial charge < -0.3 is 5.11 Å². The molecule has 1 nitrogen and oxygen atoms in total. The van der Waals surface area contributed by atoms with Crippen molar-refractivity contribution < 1.29 is 5.11 Å². The van der Waals surface area contributed by atoms with Crippen LogP contribution in [-0.4, -0.2) is 11.7 Å². The van der Waals surface area contributed by atoms with Gasteiger partial charge in [0.25, 0.3) is 0 Å². The van der Waals surface area contributed by atoms with Crippen LogP contribution in [0.4, 0.5) is 0 Å². The molecule has 1 aliphatic carbocycles. The second-order valence-electron chi connectivity index (χ2n) is 4.78. The third-order valence-electron chi connectivity index (χ3n) is 3.05. The van der Waals surface area contributed by atoms with Gasteiger partial charge in [-0.3, -0.25) is 0 Å². The lowest BCUT2D eigenvalue weighted by Crippen LogP contribution is -2.04. The summed E-state index contributed by atoms with van der Waals surface area (Å²) in [5.41, 5.74) is 0. The summed E-state index contributed by atoms with van der Waals surface area (Å²) < 4.78 is 0. The van der Waals surface area contributed by atoms with Crippen LogP contribution in [0, 0.1) is 23.7 Å². The second kappa shape index (κ2) is 4.27. The topological polar surface area (TPSA) is 20.2 Å². The highest BCUT2D eigenvalue weighted by atomic mass is 16.3. The quantitative estimate of drug-likeness (QED) is 0.672. The smallest absolute Gasteiger partial charge is 0.0433 e. The molecule has 2 unspecified atom stereocenters. The minimum absolute atomic E-state index is 0.384. The molecule has 1 N–H and O–H groups in total. The van der Waals surface area contributed by atoms with Gasteiger partial charge in [0.15, 0.2) is 0 Å². The first kappa shape index (κ1) is 10.0. The maximum absolute atomic E-state index is 8.76. The van der Waals surface area contributed by atoms with Gasteiger partial charge in [-0.15, -0.1) is 0 Å². The van der Waals surface area contributed by atoms with E-state index in [1.54, 1.807) is 0 Å². The van der Waals surface area contributed by atoms with Crippen molar-refractivity contribution in [3.05, 3.63) is 0 Å². The third-order valence-corrected chi connectivity index (χ3v) is 3.05. The van der Waals surface area contributed by atoms with Crippen molar-refractivity contribution in [2.45, 2.75) is 40.0 Å². The van der Waals surface area contributed by atoms with Crippen LogP contribution in [0.2, 0.25) is 0 Å². The monoisotopic (exact) mass is 170 g/mol. The largest absolute Gasteiger partial charge is 0.396 e. The zero-order valence-corrected chi connectivity index (χ0v) is 8.59. The fourth-order valence-corrected chi connectivity index (χ4v) is 2.38. The predicted octanol–water partition coefficient (Wildman–Crippen LogP) is 2.69. The van der Waals surface area contributed by atoms with Crippen molar-refractivity contribution in [2.24, 2.45) is 23.7 Å². The van der Waals surface area contributed by atoms with Gasteiger partial charge in [0.05, 0.1) is 0 Å². The molecule has 0 aliphatic heterocycles. The first-order valence-electron chi connectivity index (χ1n) is 5.26. The van der Waals surface area contributed by atoms with Crippen molar-refractivity contribution in [3.63, 3.8) is 0 Å².